The van der Waals surface area contributed by atoms with Crippen molar-refractivity contribution in [1.29, 1.82) is 0 Å². The van der Waals surface area contributed by atoms with Crippen LogP contribution >= 0.6 is 0 Å². The van der Waals surface area contributed by atoms with Crippen LogP contribution in [0.4, 0.5) is 5.69 Å². The molecule has 3 N–H and O–H groups in total. The van der Waals surface area contributed by atoms with Gasteiger partial charge in [-0.2, -0.15) is 0 Å². The molecule has 16 heavy (non-hydrogen) atoms. The SMILES string of the molecule is CC(=O)N(C)c1cc([As](=O)(O)O)ccc1O. The van der Waals surface area contributed by atoms with E-state index in [1.54, 1.807) is 0 Å². The summed E-state index contributed by atoms with van der Waals surface area (Å²) in [6, 6.07) is 3.42. The molecule has 0 aliphatic rings. The molecule has 0 aromatic heterocycles. The van der Waals surface area contributed by atoms with Gasteiger partial charge in [-0.15, -0.1) is 0 Å². The first-order valence-electron chi connectivity index (χ1n) is 4.37. The van der Waals surface area contributed by atoms with Crippen LogP contribution in [0.2, 0.25) is 0 Å². The number of amides is 1. The third-order valence-corrected chi connectivity index (χ3v) is 4.12. The molecule has 0 bridgehead atoms. The van der Waals surface area contributed by atoms with E-state index in [0.717, 1.165) is 23.1 Å². The van der Waals surface area contributed by atoms with E-state index < -0.39 is 14.2 Å². The van der Waals surface area contributed by atoms with Crippen LogP contribution in [0, 0.1) is 0 Å². The van der Waals surface area contributed by atoms with Gasteiger partial charge in [0.1, 0.15) is 0 Å². The Hall–Kier alpha value is -1.23. The molecule has 6 nitrogen and oxygen atoms in total. The van der Waals surface area contributed by atoms with Gasteiger partial charge in [0.2, 0.25) is 0 Å². The van der Waals surface area contributed by atoms with Gasteiger partial charge in [-0.25, -0.2) is 0 Å². The molecule has 0 aliphatic carbocycles. The zero-order chi connectivity index (χ0) is 12.5. The molecule has 7 heteroatoms. The van der Waals surface area contributed by atoms with Crippen molar-refractivity contribution >= 4 is 30.1 Å². The van der Waals surface area contributed by atoms with Gasteiger partial charge in [0.05, 0.1) is 0 Å². The Balaban J connectivity index is 3.30. The van der Waals surface area contributed by atoms with Crippen molar-refractivity contribution in [2.45, 2.75) is 6.92 Å². The zero-order valence-electron chi connectivity index (χ0n) is 8.78. The number of carbonyl (C=O) groups is 1. The van der Waals surface area contributed by atoms with E-state index in [9.17, 15) is 13.6 Å². The second kappa shape index (κ2) is 4.33. The van der Waals surface area contributed by atoms with Gasteiger partial charge in [0.15, 0.2) is 0 Å². The first kappa shape index (κ1) is 12.8. The average molecular weight is 289 g/mol. The fourth-order valence-corrected chi connectivity index (χ4v) is 2.30. The molecule has 1 amide bonds. The van der Waals surface area contributed by atoms with Crippen LogP contribution in [0.15, 0.2) is 18.2 Å². The van der Waals surface area contributed by atoms with Gasteiger partial charge in [-0.05, 0) is 0 Å². The first-order chi connectivity index (χ1) is 7.23. The number of rotatable bonds is 2. The minimum absolute atomic E-state index is 0.0785. The molecule has 0 heterocycles. The fraction of sp³-hybridized carbons (Fsp3) is 0.222. The summed E-state index contributed by atoms with van der Waals surface area (Å²) in [4.78, 5) is 12.2. The Kier molecular flexibility index (Phi) is 3.47. The Bertz CT molecular complexity index is 467. The average Bonchev–Trinajstić information content (AvgIpc) is 2.15. The predicted octanol–water partition coefficient (Wildman–Crippen LogP) is -1.06. The number of phenols is 1. The van der Waals surface area contributed by atoms with E-state index in [0.29, 0.717) is 0 Å². The van der Waals surface area contributed by atoms with Crippen molar-refractivity contribution < 1.29 is 21.8 Å². The Morgan fingerprint density at radius 2 is 1.94 bits per heavy atom. The van der Waals surface area contributed by atoms with Gasteiger partial charge in [-0.1, -0.05) is 0 Å². The molecule has 1 aromatic carbocycles. The van der Waals surface area contributed by atoms with Crippen molar-refractivity contribution in [3.05, 3.63) is 18.2 Å². The molecule has 0 fully saturated rings. The van der Waals surface area contributed by atoms with E-state index >= 15 is 0 Å². The van der Waals surface area contributed by atoms with E-state index in [1.165, 1.54) is 14.0 Å². The van der Waals surface area contributed by atoms with Gasteiger partial charge < -0.3 is 0 Å². The second-order valence-electron chi connectivity index (χ2n) is 3.30. The molecule has 88 valence electrons. The number of phenolic OH excluding ortho intramolecular Hbond substituents is 1. The number of benzene rings is 1. The second-order valence-corrected chi connectivity index (χ2v) is 6.66. The quantitative estimate of drug-likeness (QED) is 0.603. The molecule has 0 atom stereocenters. The van der Waals surface area contributed by atoms with Crippen molar-refractivity contribution in [1.82, 2.24) is 0 Å². The number of carbonyl (C=O) groups excluding carboxylic acids is 1. The van der Waals surface area contributed by atoms with Crippen LogP contribution in [0.1, 0.15) is 6.92 Å². The predicted molar refractivity (Wildman–Crippen MR) is 57.7 cm³/mol. The van der Waals surface area contributed by atoms with Crippen molar-refractivity contribution in [3.63, 3.8) is 0 Å². The number of hydrogen-bond acceptors (Lipinski definition) is 3. The maximum atomic E-state index is 11.1. The number of aromatic hydroxyl groups is 1. The summed E-state index contributed by atoms with van der Waals surface area (Å²) in [5, 5.41) is 9.48. The van der Waals surface area contributed by atoms with E-state index in [2.05, 4.69) is 0 Å². The molecule has 0 saturated heterocycles. The third kappa shape index (κ3) is 2.66. The first-order valence-corrected chi connectivity index (χ1v) is 7.75. The number of anilines is 1. The fourth-order valence-electron chi connectivity index (χ4n) is 1.13. The minimum atomic E-state index is -5.00. The van der Waals surface area contributed by atoms with E-state index in [4.69, 9.17) is 8.19 Å². The summed E-state index contributed by atoms with van der Waals surface area (Å²) < 4.78 is 28.9. The van der Waals surface area contributed by atoms with E-state index in [1.807, 2.05) is 0 Å². The molecular weight excluding hydrogens is 277 g/mol. The number of hydrogen-bond donors (Lipinski definition) is 3. The molecular formula is C9H12AsNO5. The van der Waals surface area contributed by atoms with Crippen LogP contribution < -0.4 is 9.25 Å². The summed E-state index contributed by atoms with van der Waals surface area (Å²) in [5.41, 5.74) is 0.0785. The van der Waals surface area contributed by atoms with Gasteiger partial charge in [0.25, 0.3) is 0 Å². The Morgan fingerprint density at radius 3 is 2.38 bits per heavy atom. The molecule has 0 unspecified atom stereocenters. The van der Waals surface area contributed by atoms with Gasteiger partial charge in [-0.3, -0.25) is 0 Å². The summed E-state index contributed by atoms with van der Waals surface area (Å²) >= 11 is -5.00. The van der Waals surface area contributed by atoms with Crippen molar-refractivity contribution in [3.8, 4) is 5.75 Å². The van der Waals surface area contributed by atoms with Gasteiger partial charge in [0, 0.05) is 0 Å². The van der Waals surface area contributed by atoms with Crippen LogP contribution in [-0.2, 0) is 8.53 Å². The summed E-state index contributed by atoms with van der Waals surface area (Å²) in [7, 11) is 1.41. The Morgan fingerprint density at radius 1 is 1.38 bits per heavy atom. The summed E-state index contributed by atoms with van der Waals surface area (Å²) in [6.45, 7) is 1.29. The van der Waals surface area contributed by atoms with Gasteiger partial charge >= 0.3 is 94.8 Å². The molecule has 1 rings (SSSR count). The molecule has 0 aliphatic heterocycles. The van der Waals surface area contributed by atoms with Crippen LogP contribution in [0.3, 0.4) is 0 Å². The van der Waals surface area contributed by atoms with E-state index in [-0.39, 0.29) is 21.7 Å². The summed E-state index contributed by atoms with van der Waals surface area (Å²) in [5.74, 6) is -0.546. The molecule has 0 radical (unpaired) electrons. The normalized spacial score (nSPS) is 11.2. The molecule has 1 aromatic rings. The zero-order valence-corrected chi connectivity index (χ0v) is 10.7. The molecule has 0 spiro atoms. The topological polar surface area (TPSA) is 98.1 Å². The number of nitrogens with zero attached hydrogens (tertiary/aromatic N) is 1. The van der Waals surface area contributed by atoms with Crippen LogP contribution in [-0.4, -0.2) is 40.4 Å². The van der Waals surface area contributed by atoms with Crippen molar-refractivity contribution in [2.75, 3.05) is 11.9 Å². The maximum absolute atomic E-state index is 11.1. The molecule has 0 saturated carbocycles. The standard InChI is InChI=1S/C9H12AsNO5/c1-6(12)11(2)8-5-7(10(14,15)16)3-4-9(8)13/h3-5,13H,1-2H3,(H2,14,15,16). The van der Waals surface area contributed by atoms with Crippen LogP contribution in [0.25, 0.3) is 0 Å². The van der Waals surface area contributed by atoms with Crippen molar-refractivity contribution in [2.24, 2.45) is 0 Å². The van der Waals surface area contributed by atoms with Crippen LogP contribution in [0.5, 0.6) is 5.75 Å². The third-order valence-electron chi connectivity index (χ3n) is 2.13. The summed E-state index contributed by atoms with van der Waals surface area (Å²) in [6.07, 6.45) is 0. The Labute approximate surface area is 95.1 Å². The monoisotopic (exact) mass is 289 g/mol.